The molecule has 118 valence electrons. The number of hydrogen-bond donors (Lipinski definition) is 2. The van der Waals surface area contributed by atoms with Crippen molar-refractivity contribution in [3.05, 3.63) is 15.8 Å². The van der Waals surface area contributed by atoms with Gasteiger partial charge in [0.15, 0.2) is 0 Å². The number of nitro groups is 1. The average Bonchev–Trinajstić information content (AvgIpc) is 3.00. The van der Waals surface area contributed by atoms with Crippen LogP contribution in [-0.2, 0) is 7.05 Å². The molecule has 7 heteroatoms. The van der Waals surface area contributed by atoms with E-state index in [1.807, 2.05) is 13.8 Å². The summed E-state index contributed by atoms with van der Waals surface area (Å²) in [6.07, 6.45) is 3.21. The van der Waals surface area contributed by atoms with Crippen LogP contribution in [-0.4, -0.2) is 33.0 Å². The monoisotopic (exact) mass is 296 g/mol. The summed E-state index contributed by atoms with van der Waals surface area (Å²) >= 11 is 0. The van der Waals surface area contributed by atoms with Gasteiger partial charge >= 0.3 is 5.69 Å². The van der Waals surface area contributed by atoms with E-state index < -0.39 is 0 Å². The van der Waals surface area contributed by atoms with Crippen LogP contribution < -0.4 is 5.32 Å². The largest absolute Gasteiger partial charge is 0.396 e. The summed E-state index contributed by atoms with van der Waals surface area (Å²) in [6, 6.07) is 0. The number of nitrogens with one attached hydrogen (secondary N) is 1. The number of aryl methyl sites for hydroxylation is 1. The van der Waals surface area contributed by atoms with E-state index in [2.05, 4.69) is 10.4 Å². The van der Waals surface area contributed by atoms with Crippen molar-refractivity contribution in [2.24, 2.45) is 18.9 Å². The lowest BCUT2D eigenvalue weighted by atomic mass is 9.97. The van der Waals surface area contributed by atoms with Crippen LogP contribution in [0.4, 0.5) is 11.5 Å². The minimum absolute atomic E-state index is 0.00354. The molecule has 0 bridgehead atoms. The molecule has 21 heavy (non-hydrogen) atoms. The van der Waals surface area contributed by atoms with Crippen molar-refractivity contribution < 1.29 is 10.0 Å². The van der Waals surface area contributed by atoms with Crippen molar-refractivity contribution in [2.45, 2.75) is 39.0 Å². The zero-order valence-corrected chi connectivity index (χ0v) is 12.9. The van der Waals surface area contributed by atoms with E-state index in [0.717, 1.165) is 19.3 Å². The van der Waals surface area contributed by atoms with Crippen LogP contribution in [0.25, 0.3) is 0 Å². The van der Waals surface area contributed by atoms with Crippen molar-refractivity contribution in [3.63, 3.8) is 0 Å². The van der Waals surface area contributed by atoms with Gasteiger partial charge in [-0.25, -0.2) is 4.68 Å². The molecule has 1 aromatic heterocycles. The predicted molar refractivity (Wildman–Crippen MR) is 80.4 cm³/mol. The standard InChI is InChI=1S/C14H24N4O3/c1-9(2)12-13(18(20)21)14(17(3)16-12)15-7-10-5-4-6-11(10)8-19/h9-11,15,19H,4-8H2,1-3H3. The Hall–Kier alpha value is -1.63. The topological polar surface area (TPSA) is 93.2 Å². The fourth-order valence-electron chi connectivity index (χ4n) is 3.15. The molecule has 2 N–H and O–H groups in total. The van der Waals surface area contributed by atoms with Crippen LogP contribution in [0.2, 0.25) is 0 Å². The van der Waals surface area contributed by atoms with Gasteiger partial charge in [-0.15, -0.1) is 0 Å². The van der Waals surface area contributed by atoms with Gasteiger partial charge in [-0.1, -0.05) is 20.3 Å². The second kappa shape index (κ2) is 6.43. The first-order valence-electron chi connectivity index (χ1n) is 7.51. The summed E-state index contributed by atoms with van der Waals surface area (Å²) in [5, 5.41) is 28.2. The van der Waals surface area contributed by atoms with Crippen molar-refractivity contribution in [2.75, 3.05) is 18.5 Å². The van der Waals surface area contributed by atoms with Crippen molar-refractivity contribution >= 4 is 11.5 Å². The number of aliphatic hydroxyl groups is 1. The lowest BCUT2D eigenvalue weighted by Gasteiger charge is -2.18. The van der Waals surface area contributed by atoms with Crippen molar-refractivity contribution in [3.8, 4) is 0 Å². The van der Waals surface area contributed by atoms with Crippen LogP contribution in [0, 0.1) is 22.0 Å². The minimum Gasteiger partial charge on any atom is -0.396 e. The molecule has 2 atom stereocenters. The van der Waals surface area contributed by atoms with Crippen LogP contribution in [0.15, 0.2) is 0 Å². The molecule has 7 nitrogen and oxygen atoms in total. The van der Waals surface area contributed by atoms with Crippen molar-refractivity contribution in [1.82, 2.24) is 9.78 Å². The fraction of sp³-hybridized carbons (Fsp3) is 0.786. The van der Waals surface area contributed by atoms with Crippen molar-refractivity contribution in [1.29, 1.82) is 0 Å². The maximum absolute atomic E-state index is 11.3. The highest BCUT2D eigenvalue weighted by Gasteiger charge is 2.31. The third-order valence-corrected chi connectivity index (χ3v) is 4.36. The van der Waals surface area contributed by atoms with Gasteiger partial charge in [-0.05, 0) is 24.7 Å². The van der Waals surface area contributed by atoms with Gasteiger partial charge in [0, 0.05) is 26.1 Å². The van der Waals surface area contributed by atoms with Crippen LogP contribution in [0.3, 0.4) is 0 Å². The highest BCUT2D eigenvalue weighted by Crippen LogP contribution is 2.35. The molecule has 1 saturated carbocycles. The highest BCUT2D eigenvalue weighted by molar-refractivity contribution is 5.60. The molecule has 1 fully saturated rings. The molecule has 0 saturated heterocycles. The first-order valence-corrected chi connectivity index (χ1v) is 7.51. The Morgan fingerprint density at radius 1 is 1.48 bits per heavy atom. The molecule has 0 aliphatic heterocycles. The Morgan fingerprint density at radius 2 is 2.14 bits per heavy atom. The smallest absolute Gasteiger partial charge is 0.334 e. The van der Waals surface area contributed by atoms with E-state index in [0.29, 0.717) is 29.9 Å². The Bertz CT molecular complexity index is 513. The molecule has 1 aliphatic carbocycles. The van der Waals surface area contributed by atoms with E-state index >= 15 is 0 Å². The van der Waals surface area contributed by atoms with E-state index in [1.54, 1.807) is 11.7 Å². The lowest BCUT2D eigenvalue weighted by Crippen LogP contribution is -2.22. The zero-order valence-electron chi connectivity index (χ0n) is 12.9. The molecule has 0 radical (unpaired) electrons. The van der Waals surface area contributed by atoms with Crippen LogP contribution >= 0.6 is 0 Å². The summed E-state index contributed by atoms with van der Waals surface area (Å²) in [5.41, 5.74) is 0.584. The quantitative estimate of drug-likeness (QED) is 0.620. The SMILES string of the molecule is CC(C)c1nn(C)c(NCC2CCCC2CO)c1[N+](=O)[O-]. The van der Waals surface area contributed by atoms with E-state index in [4.69, 9.17) is 0 Å². The molecule has 0 amide bonds. The fourth-order valence-corrected chi connectivity index (χ4v) is 3.15. The van der Waals surface area contributed by atoms with Crippen LogP contribution in [0.5, 0.6) is 0 Å². The first kappa shape index (κ1) is 15.8. The van der Waals surface area contributed by atoms with E-state index in [1.165, 1.54) is 0 Å². The summed E-state index contributed by atoms with van der Waals surface area (Å²) in [7, 11) is 1.72. The third kappa shape index (κ3) is 3.18. The van der Waals surface area contributed by atoms with Gasteiger partial charge in [-0.2, -0.15) is 5.10 Å². The number of hydrogen-bond acceptors (Lipinski definition) is 5. The third-order valence-electron chi connectivity index (χ3n) is 4.36. The number of aliphatic hydroxyl groups excluding tert-OH is 1. The zero-order chi connectivity index (χ0) is 15.6. The Morgan fingerprint density at radius 3 is 2.71 bits per heavy atom. The molecule has 2 unspecified atom stereocenters. The molecule has 1 aromatic rings. The Balaban J connectivity index is 2.18. The summed E-state index contributed by atoms with van der Waals surface area (Å²) in [6.45, 7) is 4.63. The van der Waals surface area contributed by atoms with E-state index in [9.17, 15) is 15.2 Å². The Labute approximate surface area is 124 Å². The lowest BCUT2D eigenvalue weighted by molar-refractivity contribution is -0.384. The van der Waals surface area contributed by atoms with Gasteiger partial charge in [0.1, 0.15) is 5.69 Å². The second-order valence-electron chi connectivity index (χ2n) is 6.13. The number of rotatable bonds is 6. The molecule has 2 rings (SSSR count). The average molecular weight is 296 g/mol. The summed E-state index contributed by atoms with van der Waals surface area (Å²) < 4.78 is 1.55. The molecular weight excluding hydrogens is 272 g/mol. The van der Waals surface area contributed by atoms with E-state index in [-0.39, 0.29) is 23.1 Å². The first-order chi connectivity index (χ1) is 9.95. The molecular formula is C14H24N4O3. The van der Waals surface area contributed by atoms with Gasteiger partial charge in [0.25, 0.3) is 0 Å². The maximum Gasteiger partial charge on any atom is 0.334 e. The molecule has 1 aliphatic rings. The summed E-state index contributed by atoms with van der Waals surface area (Å²) in [5.74, 6) is 1.14. The summed E-state index contributed by atoms with van der Waals surface area (Å²) in [4.78, 5) is 11.0. The van der Waals surface area contributed by atoms with Gasteiger partial charge in [0.2, 0.25) is 5.82 Å². The maximum atomic E-state index is 11.3. The van der Waals surface area contributed by atoms with Crippen LogP contribution in [0.1, 0.15) is 44.7 Å². The number of aromatic nitrogens is 2. The predicted octanol–water partition coefficient (Wildman–Crippen LogP) is 2.27. The highest BCUT2D eigenvalue weighted by atomic mass is 16.6. The normalized spacial score (nSPS) is 22.0. The number of anilines is 1. The van der Waals surface area contributed by atoms with Gasteiger partial charge < -0.3 is 10.4 Å². The van der Waals surface area contributed by atoms with Gasteiger partial charge in [0.05, 0.1) is 4.92 Å². The molecule has 0 spiro atoms. The van der Waals surface area contributed by atoms with Gasteiger partial charge in [-0.3, -0.25) is 10.1 Å². The second-order valence-corrected chi connectivity index (χ2v) is 6.13. The number of nitrogens with zero attached hydrogens (tertiary/aromatic N) is 3. The minimum atomic E-state index is -0.358. The molecule has 0 aromatic carbocycles. The Kier molecular flexibility index (Phi) is 4.82. The molecule has 1 heterocycles.